The monoisotopic (exact) mass is 220 g/mol. The van der Waals surface area contributed by atoms with Gasteiger partial charge in [-0.1, -0.05) is 0 Å². The molecule has 0 amide bonds. The second-order valence-electron chi connectivity index (χ2n) is 4.14. The third-order valence-electron chi connectivity index (χ3n) is 2.76. The number of aryl methyl sites for hydroxylation is 1. The molecule has 1 aliphatic heterocycles. The molecule has 1 aromatic rings. The van der Waals surface area contributed by atoms with Gasteiger partial charge in [0.2, 0.25) is 0 Å². The van der Waals surface area contributed by atoms with E-state index in [0.717, 1.165) is 29.9 Å². The first-order valence-electron chi connectivity index (χ1n) is 5.53. The summed E-state index contributed by atoms with van der Waals surface area (Å²) in [7, 11) is 0. The summed E-state index contributed by atoms with van der Waals surface area (Å²) in [6.07, 6.45) is 1.09. The van der Waals surface area contributed by atoms with Crippen LogP contribution < -0.4 is 4.74 Å². The molecule has 0 bridgehead atoms. The first-order valence-corrected chi connectivity index (χ1v) is 5.53. The zero-order chi connectivity index (χ0) is 11.5. The van der Waals surface area contributed by atoms with Crippen LogP contribution in [0.4, 0.5) is 0 Å². The molecule has 1 aliphatic rings. The number of benzene rings is 1. The summed E-state index contributed by atoms with van der Waals surface area (Å²) in [4.78, 5) is 11.2. The number of ketones is 1. The van der Waals surface area contributed by atoms with Crippen LogP contribution >= 0.6 is 0 Å². The van der Waals surface area contributed by atoms with E-state index < -0.39 is 0 Å². The van der Waals surface area contributed by atoms with E-state index >= 15 is 0 Å². The summed E-state index contributed by atoms with van der Waals surface area (Å²) in [6, 6.07) is 5.54. The highest BCUT2D eigenvalue weighted by atomic mass is 16.5. The number of ether oxygens (including phenoxy) is 2. The number of rotatable bonds is 3. The zero-order valence-electron chi connectivity index (χ0n) is 9.66. The van der Waals surface area contributed by atoms with Gasteiger partial charge in [0.25, 0.3) is 0 Å². The van der Waals surface area contributed by atoms with Crippen LogP contribution in [0.25, 0.3) is 0 Å². The topological polar surface area (TPSA) is 35.5 Å². The Morgan fingerprint density at radius 1 is 1.50 bits per heavy atom. The molecule has 3 nitrogen and oxygen atoms in total. The molecule has 0 spiro atoms. The fourth-order valence-electron chi connectivity index (χ4n) is 1.79. The Kier molecular flexibility index (Phi) is 3.25. The molecule has 16 heavy (non-hydrogen) atoms. The number of hydrogen-bond acceptors (Lipinski definition) is 3. The van der Waals surface area contributed by atoms with Crippen LogP contribution in [-0.4, -0.2) is 25.1 Å². The predicted octanol–water partition coefficient (Wildman–Crippen LogP) is 2.37. The maximum atomic E-state index is 11.2. The largest absolute Gasteiger partial charge is 0.488 e. The second kappa shape index (κ2) is 4.66. The van der Waals surface area contributed by atoms with Crippen molar-refractivity contribution < 1.29 is 14.3 Å². The van der Waals surface area contributed by atoms with Crippen molar-refractivity contribution in [1.29, 1.82) is 0 Å². The van der Waals surface area contributed by atoms with Gasteiger partial charge in [0.05, 0.1) is 13.2 Å². The van der Waals surface area contributed by atoms with Crippen molar-refractivity contribution in [3.05, 3.63) is 29.3 Å². The van der Waals surface area contributed by atoms with Crippen molar-refractivity contribution >= 4 is 5.78 Å². The third kappa shape index (κ3) is 2.42. The van der Waals surface area contributed by atoms with Crippen molar-refractivity contribution in [3.63, 3.8) is 0 Å². The van der Waals surface area contributed by atoms with E-state index in [9.17, 15) is 4.79 Å². The summed E-state index contributed by atoms with van der Waals surface area (Å²) < 4.78 is 11.1. The molecule has 0 N–H and O–H groups in total. The number of Topliss-reactive ketones (excluding diaryl/α,β-unsaturated/α-hetero) is 1. The number of hydrogen-bond donors (Lipinski definition) is 0. The van der Waals surface area contributed by atoms with Crippen LogP contribution in [0.3, 0.4) is 0 Å². The summed E-state index contributed by atoms with van der Waals surface area (Å²) in [5.74, 6) is 0.930. The van der Waals surface area contributed by atoms with Gasteiger partial charge >= 0.3 is 0 Å². The average Bonchev–Trinajstić information content (AvgIpc) is 2.73. The minimum Gasteiger partial charge on any atom is -0.488 e. The van der Waals surface area contributed by atoms with E-state index in [2.05, 4.69) is 0 Å². The minimum atomic E-state index is 0.0823. The zero-order valence-corrected chi connectivity index (χ0v) is 9.66. The summed E-state index contributed by atoms with van der Waals surface area (Å²) in [5, 5.41) is 0. The van der Waals surface area contributed by atoms with Crippen molar-refractivity contribution in [2.45, 2.75) is 26.4 Å². The SMILES string of the molecule is CC(=O)c1ccc(OC2CCOC2)c(C)c1. The second-order valence-corrected chi connectivity index (χ2v) is 4.14. The van der Waals surface area contributed by atoms with Gasteiger partial charge in [0, 0.05) is 12.0 Å². The molecule has 0 saturated carbocycles. The van der Waals surface area contributed by atoms with Crippen LogP contribution in [0, 0.1) is 6.92 Å². The quantitative estimate of drug-likeness (QED) is 0.733. The Balaban J connectivity index is 2.12. The van der Waals surface area contributed by atoms with Crippen molar-refractivity contribution in [3.8, 4) is 5.75 Å². The molecule has 0 aromatic heterocycles. The molecule has 0 aliphatic carbocycles. The smallest absolute Gasteiger partial charge is 0.159 e. The van der Waals surface area contributed by atoms with E-state index in [0.29, 0.717) is 6.61 Å². The lowest BCUT2D eigenvalue weighted by molar-refractivity contribution is 0.101. The van der Waals surface area contributed by atoms with Crippen LogP contribution in [-0.2, 0) is 4.74 Å². The van der Waals surface area contributed by atoms with Gasteiger partial charge < -0.3 is 9.47 Å². The highest BCUT2D eigenvalue weighted by Crippen LogP contribution is 2.22. The molecule has 3 heteroatoms. The van der Waals surface area contributed by atoms with Crippen LogP contribution in [0.1, 0.15) is 29.3 Å². The van der Waals surface area contributed by atoms with Crippen molar-refractivity contribution in [2.75, 3.05) is 13.2 Å². The van der Waals surface area contributed by atoms with E-state index in [-0.39, 0.29) is 11.9 Å². The Labute approximate surface area is 95.4 Å². The molecule has 86 valence electrons. The standard InChI is InChI=1S/C13H16O3/c1-9-7-11(10(2)14)3-4-13(9)16-12-5-6-15-8-12/h3-4,7,12H,5-6,8H2,1-2H3. The van der Waals surface area contributed by atoms with E-state index in [1.54, 1.807) is 13.0 Å². The molecule has 1 unspecified atom stereocenters. The molecule has 0 radical (unpaired) electrons. The summed E-state index contributed by atoms with van der Waals surface area (Å²) >= 11 is 0. The van der Waals surface area contributed by atoms with Gasteiger partial charge in [-0.05, 0) is 37.6 Å². The predicted molar refractivity (Wildman–Crippen MR) is 61.0 cm³/mol. The summed E-state index contributed by atoms with van der Waals surface area (Å²) in [5.41, 5.74) is 1.73. The Bertz CT molecular complexity index is 392. The summed E-state index contributed by atoms with van der Waals surface area (Å²) in [6.45, 7) is 4.96. The molecule has 2 rings (SSSR count). The van der Waals surface area contributed by atoms with E-state index in [4.69, 9.17) is 9.47 Å². The van der Waals surface area contributed by atoms with Gasteiger partial charge in [0.1, 0.15) is 11.9 Å². The highest BCUT2D eigenvalue weighted by Gasteiger charge is 2.18. The van der Waals surface area contributed by atoms with Crippen molar-refractivity contribution in [1.82, 2.24) is 0 Å². The lowest BCUT2D eigenvalue weighted by Gasteiger charge is -2.14. The van der Waals surface area contributed by atoms with Gasteiger partial charge in [-0.15, -0.1) is 0 Å². The maximum Gasteiger partial charge on any atom is 0.159 e. The Morgan fingerprint density at radius 2 is 2.31 bits per heavy atom. The molecule has 1 atom stereocenters. The average molecular weight is 220 g/mol. The normalized spacial score (nSPS) is 19.8. The minimum absolute atomic E-state index is 0.0823. The first kappa shape index (κ1) is 11.1. The highest BCUT2D eigenvalue weighted by molar-refractivity contribution is 5.94. The number of carbonyl (C=O) groups excluding carboxylic acids is 1. The molecular weight excluding hydrogens is 204 g/mol. The van der Waals surface area contributed by atoms with Crippen LogP contribution in [0.2, 0.25) is 0 Å². The van der Waals surface area contributed by atoms with Gasteiger partial charge in [-0.2, -0.15) is 0 Å². The number of carbonyl (C=O) groups is 1. The molecule has 1 saturated heterocycles. The Morgan fingerprint density at radius 3 is 2.88 bits per heavy atom. The molecule has 1 heterocycles. The molecular formula is C13H16O3. The third-order valence-corrected chi connectivity index (χ3v) is 2.76. The van der Waals surface area contributed by atoms with E-state index in [1.807, 2.05) is 19.1 Å². The maximum absolute atomic E-state index is 11.2. The Hall–Kier alpha value is -1.35. The van der Waals surface area contributed by atoms with Crippen LogP contribution in [0.15, 0.2) is 18.2 Å². The lowest BCUT2D eigenvalue weighted by Crippen LogP contribution is -2.16. The molecule has 1 fully saturated rings. The van der Waals surface area contributed by atoms with E-state index in [1.165, 1.54) is 0 Å². The van der Waals surface area contributed by atoms with Gasteiger partial charge in [0.15, 0.2) is 5.78 Å². The first-order chi connectivity index (χ1) is 7.66. The fraction of sp³-hybridized carbons (Fsp3) is 0.462. The van der Waals surface area contributed by atoms with Crippen LogP contribution in [0.5, 0.6) is 5.75 Å². The van der Waals surface area contributed by atoms with Gasteiger partial charge in [-0.25, -0.2) is 0 Å². The molecule has 1 aromatic carbocycles. The lowest BCUT2D eigenvalue weighted by atomic mass is 10.1. The fourth-order valence-corrected chi connectivity index (χ4v) is 1.79. The van der Waals surface area contributed by atoms with Crippen molar-refractivity contribution in [2.24, 2.45) is 0 Å². The van der Waals surface area contributed by atoms with Gasteiger partial charge in [-0.3, -0.25) is 4.79 Å².